The molecule has 3 aromatic rings. The molecular weight excluding hydrogens is 374 g/mol. The van der Waals surface area contributed by atoms with Crippen LogP contribution >= 0.6 is 11.6 Å². The van der Waals surface area contributed by atoms with Crippen LogP contribution in [-0.4, -0.2) is 29.6 Å². The molecule has 0 aliphatic heterocycles. The van der Waals surface area contributed by atoms with Gasteiger partial charge in [-0.2, -0.15) is 0 Å². The van der Waals surface area contributed by atoms with Gasteiger partial charge in [-0.05, 0) is 25.1 Å². The smallest absolute Gasteiger partial charge is 0.354 e. The fraction of sp³-hybridized carbons (Fsp3) is 0.167. The molecule has 140 valence electrons. The fourth-order valence-electron chi connectivity index (χ4n) is 2.68. The predicted octanol–water partition coefficient (Wildman–Crippen LogP) is 4.66. The van der Waals surface area contributed by atoms with Gasteiger partial charge in [-0.25, -0.2) is 4.79 Å². The van der Waals surface area contributed by atoms with Gasteiger partial charge in [0.15, 0.2) is 0 Å². The number of H-pyrrole nitrogens is 1. The van der Waals surface area contributed by atoms with Crippen LogP contribution in [0.5, 0.6) is 5.75 Å². The summed E-state index contributed by atoms with van der Waals surface area (Å²) in [4.78, 5) is 25.6. The van der Waals surface area contributed by atoms with Crippen LogP contribution in [0.3, 0.4) is 0 Å². The molecule has 0 saturated carbocycles. The number of anilines is 2. The SMILES string of the molecule is CCOC(=O)c1cc2c(Nc3cccc(OC)c3)c(Cl)cc([N+](=O)[O-])c2[nH]1. The summed E-state index contributed by atoms with van der Waals surface area (Å²) in [7, 11) is 1.55. The normalized spacial score (nSPS) is 10.6. The molecule has 1 heterocycles. The van der Waals surface area contributed by atoms with Crippen LogP contribution in [0.15, 0.2) is 36.4 Å². The first-order valence-electron chi connectivity index (χ1n) is 8.02. The largest absolute Gasteiger partial charge is 0.497 e. The third-order valence-electron chi connectivity index (χ3n) is 3.88. The van der Waals surface area contributed by atoms with E-state index in [-0.39, 0.29) is 28.5 Å². The molecule has 0 bridgehead atoms. The number of benzene rings is 2. The van der Waals surface area contributed by atoms with Crippen molar-refractivity contribution in [3.05, 3.63) is 57.2 Å². The maximum Gasteiger partial charge on any atom is 0.354 e. The van der Waals surface area contributed by atoms with Gasteiger partial charge in [-0.1, -0.05) is 17.7 Å². The minimum Gasteiger partial charge on any atom is -0.497 e. The maximum absolute atomic E-state index is 12.0. The number of nitro groups is 1. The number of hydrogen-bond acceptors (Lipinski definition) is 6. The Morgan fingerprint density at radius 2 is 2.11 bits per heavy atom. The number of carbonyl (C=O) groups excluding carboxylic acids is 1. The molecule has 8 nitrogen and oxygen atoms in total. The molecule has 0 aliphatic rings. The van der Waals surface area contributed by atoms with Gasteiger partial charge in [-0.15, -0.1) is 0 Å². The minimum atomic E-state index is -0.605. The highest BCUT2D eigenvalue weighted by molar-refractivity contribution is 6.35. The number of fused-ring (bicyclic) bond motifs is 1. The van der Waals surface area contributed by atoms with Gasteiger partial charge in [0.2, 0.25) is 0 Å². The lowest BCUT2D eigenvalue weighted by atomic mass is 10.1. The van der Waals surface area contributed by atoms with E-state index in [0.29, 0.717) is 22.5 Å². The van der Waals surface area contributed by atoms with Crippen LogP contribution in [0.1, 0.15) is 17.4 Å². The first kappa shape index (κ1) is 18.5. The summed E-state index contributed by atoms with van der Waals surface area (Å²) in [5.74, 6) is 0.0296. The van der Waals surface area contributed by atoms with Crippen LogP contribution < -0.4 is 10.1 Å². The molecule has 3 rings (SSSR count). The Morgan fingerprint density at radius 1 is 1.33 bits per heavy atom. The van der Waals surface area contributed by atoms with Gasteiger partial charge in [0.1, 0.15) is 17.0 Å². The average Bonchev–Trinajstić information content (AvgIpc) is 3.09. The van der Waals surface area contributed by atoms with Gasteiger partial charge < -0.3 is 19.8 Å². The monoisotopic (exact) mass is 389 g/mol. The Balaban J connectivity index is 2.16. The van der Waals surface area contributed by atoms with Gasteiger partial charge in [0.05, 0.1) is 29.4 Å². The number of rotatable bonds is 6. The second-order valence-corrected chi connectivity index (χ2v) is 5.97. The molecule has 2 N–H and O–H groups in total. The maximum atomic E-state index is 12.0. The van der Waals surface area contributed by atoms with E-state index in [4.69, 9.17) is 21.1 Å². The van der Waals surface area contributed by atoms with E-state index < -0.39 is 10.9 Å². The number of hydrogen-bond donors (Lipinski definition) is 2. The number of aromatic amines is 1. The van der Waals surface area contributed by atoms with Crippen molar-refractivity contribution in [3.8, 4) is 5.75 Å². The summed E-state index contributed by atoms with van der Waals surface area (Å²) >= 11 is 6.30. The highest BCUT2D eigenvalue weighted by Crippen LogP contribution is 2.39. The fourth-order valence-corrected chi connectivity index (χ4v) is 2.93. The van der Waals surface area contributed by atoms with Crippen LogP contribution in [0.4, 0.5) is 17.1 Å². The van der Waals surface area contributed by atoms with E-state index in [2.05, 4.69) is 10.3 Å². The lowest BCUT2D eigenvalue weighted by molar-refractivity contribution is -0.383. The number of nitrogens with zero attached hydrogens (tertiary/aromatic N) is 1. The number of halogens is 1. The number of nitrogens with one attached hydrogen (secondary N) is 2. The number of ether oxygens (including phenoxy) is 2. The van der Waals surface area contributed by atoms with E-state index in [1.54, 1.807) is 38.3 Å². The number of methoxy groups -OCH3 is 1. The third-order valence-corrected chi connectivity index (χ3v) is 4.17. The van der Waals surface area contributed by atoms with E-state index in [9.17, 15) is 14.9 Å². The number of carbonyl (C=O) groups is 1. The van der Waals surface area contributed by atoms with E-state index in [1.165, 1.54) is 12.1 Å². The third kappa shape index (κ3) is 3.65. The molecule has 0 aliphatic carbocycles. The van der Waals surface area contributed by atoms with Gasteiger partial charge in [0, 0.05) is 23.2 Å². The number of esters is 1. The molecule has 2 aromatic carbocycles. The van der Waals surface area contributed by atoms with Crippen molar-refractivity contribution in [2.75, 3.05) is 19.0 Å². The standard InChI is InChI=1S/C18H16ClN3O5/c1-3-27-18(23)14-8-12-16(20-10-5-4-6-11(7-10)26-2)13(19)9-15(22(24)25)17(12)21-14/h4-9,20-21H,3H2,1-2H3. The lowest BCUT2D eigenvalue weighted by Crippen LogP contribution is -2.04. The molecule has 0 unspecified atom stereocenters. The Kier molecular flexibility index (Phi) is 5.18. The minimum absolute atomic E-state index is 0.103. The zero-order valence-corrected chi connectivity index (χ0v) is 15.3. The number of non-ortho nitro benzene ring substituents is 1. The lowest BCUT2D eigenvalue weighted by Gasteiger charge is -2.11. The van der Waals surface area contributed by atoms with Crippen molar-refractivity contribution in [1.29, 1.82) is 0 Å². The van der Waals surface area contributed by atoms with E-state index in [1.807, 2.05) is 0 Å². The number of aromatic nitrogens is 1. The molecule has 0 saturated heterocycles. The van der Waals surface area contributed by atoms with Crippen molar-refractivity contribution in [1.82, 2.24) is 4.98 Å². The molecule has 0 spiro atoms. The summed E-state index contributed by atoms with van der Waals surface area (Å²) in [5, 5.41) is 15.1. The van der Waals surface area contributed by atoms with E-state index >= 15 is 0 Å². The molecule has 0 fully saturated rings. The van der Waals surface area contributed by atoms with Crippen molar-refractivity contribution in [2.24, 2.45) is 0 Å². The summed E-state index contributed by atoms with van der Waals surface area (Å²) in [6.45, 7) is 1.86. The average molecular weight is 390 g/mol. The molecule has 9 heteroatoms. The zero-order valence-electron chi connectivity index (χ0n) is 14.5. The Hall–Kier alpha value is -3.26. The Labute approximate surface area is 159 Å². The van der Waals surface area contributed by atoms with Crippen molar-refractivity contribution >= 4 is 45.5 Å². The first-order chi connectivity index (χ1) is 12.9. The quantitative estimate of drug-likeness (QED) is 0.361. The summed E-state index contributed by atoms with van der Waals surface area (Å²) < 4.78 is 10.2. The van der Waals surface area contributed by atoms with Gasteiger partial charge in [-0.3, -0.25) is 10.1 Å². The van der Waals surface area contributed by atoms with Crippen LogP contribution in [-0.2, 0) is 4.74 Å². The Morgan fingerprint density at radius 3 is 2.78 bits per heavy atom. The predicted molar refractivity (Wildman–Crippen MR) is 102 cm³/mol. The van der Waals surface area contributed by atoms with Crippen molar-refractivity contribution < 1.29 is 19.2 Å². The van der Waals surface area contributed by atoms with Gasteiger partial charge in [0.25, 0.3) is 5.69 Å². The van der Waals surface area contributed by atoms with Crippen LogP contribution in [0, 0.1) is 10.1 Å². The summed E-state index contributed by atoms with van der Waals surface area (Å²) in [5.41, 5.74) is 1.15. The van der Waals surface area contributed by atoms with Gasteiger partial charge >= 0.3 is 5.97 Å². The summed E-state index contributed by atoms with van der Waals surface area (Å²) in [6.07, 6.45) is 0. The molecule has 27 heavy (non-hydrogen) atoms. The molecule has 0 amide bonds. The Bertz CT molecular complexity index is 1030. The van der Waals surface area contributed by atoms with Crippen molar-refractivity contribution in [2.45, 2.75) is 6.92 Å². The molecular formula is C18H16ClN3O5. The topological polar surface area (TPSA) is 106 Å². The van der Waals surface area contributed by atoms with Crippen LogP contribution in [0.25, 0.3) is 10.9 Å². The highest BCUT2D eigenvalue weighted by Gasteiger charge is 2.23. The zero-order chi connectivity index (χ0) is 19.6. The molecule has 0 radical (unpaired) electrons. The molecule has 0 atom stereocenters. The highest BCUT2D eigenvalue weighted by atomic mass is 35.5. The first-order valence-corrected chi connectivity index (χ1v) is 8.40. The van der Waals surface area contributed by atoms with E-state index in [0.717, 1.165) is 0 Å². The molecule has 1 aromatic heterocycles. The number of nitro benzene ring substituents is 1. The second kappa shape index (κ2) is 7.55. The summed E-state index contributed by atoms with van der Waals surface area (Å²) in [6, 6.07) is 9.84. The second-order valence-electron chi connectivity index (χ2n) is 5.56. The van der Waals surface area contributed by atoms with Crippen molar-refractivity contribution in [3.63, 3.8) is 0 Å². The van der Waals surface area contributed by atoms with Crippen LogP contribution in [0.2, 0.25) is 5.02 Å².